The van der Waals surface area contributed by atoms with Crippen molar-refractivity contribution in [2.45, 2.75) is 25.9 Å². The molecule has 2 atom stereocenters. The summed E-state index contributed by atoms with van der Waals surface area (Å²) in [6.45, 7) is 4.22. The zero-order valence-electron chi connectivity index (χ0n) is 19.6. The predicted octanol–water partition coefficient (Wildman–Crippen LogP) is 6.61. The molecule has 0 unspecified atom stereocenters. The molecule has 0 radical (unpaired) electrons. The minimum absolute atomic E-state index is 0.0531. The van der Waals surface area contributed by atoms with Crippen LogP contribution in [0, 0.1) is 17.4 Å². The summed E-state index contributed by atoms with van der Waals surface area (Å²) in [5.74, 6) is 2.29. The Bertz CT molecular complexity index is 1340. The Labute approximate surface area is 223 Å². The van der Waals surface area contributed by atoms with Crippen LogP contribution in [-0.2, 0) is 0 Å². The van der Waals surface area contributed by atoms with Crippen LogP contribution in [0.5, 0.6) is 17.2 Å². The zero-order valence-corrected chi connectivity index (χ0v) is 22.6. The maximum atomic E-state index is 6.03. The van der Waals surface area contributed by atoms with Crippen molar-refractivity contribution in [1.82, 2.24) is 15.3 Å². The molecule has 178 valence electrons. The normalized spacial score (nSPS) is 17.4. The number of aromatic amines is 1. The molecular weight excluding hydrogens is 571 g/mol. The lowest BCUT2D eigenvalue weighted by atomic mass is 9.96. The highest BCUT2D eigenvalue weighted by Gasteiger charge is 2.43. The number of benzene rings is 2. The number of thiocarbonyl (C=S) groups is 1. The summed E-state index contributed by atoms with van der Waals surface area (Å²) in [6, 6.07) is 21.4. The number of hydrogen-bond acceptors (Lipinski definition) is 4. The van der Waals surface area contributed by atoms with E-state index in [1.807, 2.05) is 72.9 Å². The summed E-state index contributed by atoms with van der Waals surface area (Å²) in [7, 11) is 1.65. The summed E-state index contributed by atoms with van der Waals surface area (Å²) in [5, 5.41) is 4.20. The predicted molar refractivity (Wildman–Crippen MR) is 150 cm³/mol. The number of halogens is 1. The number of anilines is 1. The fourth-order valence-corrected chi connectivity index (χ4v) is 5.71. The van der Waals surface area contributed by atoms with Gasteiger partial charge in [-0.1, -0.05) is 6.07 Å². The maximum Gasteiger partial charge on any atom is 0.174 e. The number of rotatable bonds is 6. The molecule has 35 heavy (non-hydrogen) atoms. The van der Waals surface area contributed by atoms with Crippen molar-refractivity contribution in [2.24, 2.45) is 0 Å². The Morgan fingerprint density at radius 2 is 1.57 bits per heavy atom. The Morgan fingerprint density at radius 3 is 2.14 bits per heavy atom. The van der Waals surface area contributed by atoms with E-state index in [9.17, 15) is 0 Å². The van der Waals surface area contributed by atoms with Crippen molar-refractivity contribution >= 4 is 45.6 Å². The van der Waals surface area contributed by atoms with E-state index in [0.717, 1.165) is 40.0 Å². The third kappa shape index (κ3) is 4.60. The topological polar surface area (TPSA) is 62.4 Å². The number of hydrogen-bond donors (Lipinski definition) is 2. The van der Waals surface area contributed by atoms with Crippen molar-refractivity contribution in [3.8, 4) is 17.2 Å². The third-order valence-corrected chi connectivity index (χ3v) is 7.85. The number of methoxy groups -OCH3 is 1. The van der Waals surface area contributed by atoms with Crippen LogP contribution >= 0.6 is 34.8 Å². The van der Waals surface area contributed by atoms with Gasteiger partial charge in [-0.3, -0.25) is 4.98 Å². The molecule has 2 aromatic heterocycles. The SMILES string of the molecule is COc1ccc(Oc2ccc(N3C(=S)N[C@@H](c4ccccn4)[C@@H]3c3c(C)[nH]c(C)c3I)cc2)cc1. The number of aryl methyl sites for hydroxylation is 2. The molecule has 0 bridgehead atoms. The fraction of sp³-hybridized carbons (Fsp3) is 0.185. The molecule has 0 spiro atoms. The minimum Gasteiger partial charge on any atom is -0.497 e. The first-order valence-electron chi connectivity index (χ1n) is 11.2. The van der Waals surface area contributed by atoms with Crippen LogP contribution in [0.2, 0.25) is 0 Å². The number of H-pyrrole nitrogens is 1. The van der Waals surface area contributed by atoms with Crippen LogP contribution < -0.4 is 19.7 Å². The smallest absolute Gasteiger partial charge is 0.174 e. The van der Waals surface area contributed by atoms with Gasteiger partial charge in [0.05, 0.1) is 24.9 Å². The van der Waals surface area contributed by atoms with Gasteiger partial charge in [-0.05, 0) is 109 Å². The van der Waals surface area contributed by atoms with E-state index in [-0.39, 0.29) is 12.1 Å². The van der Waals surface area contributed by atoms with Gasteiger partial charge in [0.2, 0.25) is 0 Å². The summed E-state index contributed by atoms with van der Waals surface area (Å²) >= 11 is 8.29. The van der Waals surface area contributed by atoms with Crippen molar-refractivity contribution in [3.05, 3.63) is 99.1 Å². The molecule has 5 rings (SSSR count). The van der Waals surface area contributed by atoms with Crippen LogP contribution in [0.3, 0.4) is 0 Å². The van der Waals surface area contributed by atoms with Crippen LogP contribution in [-0.4, -0.2) is 22.2 Å². The number of aromatic nitrogens is 2. The first-order valence-corrected chi connectivity index (χ1v) is 12.7. The summed E-state index contributed by atoms with van der Waals surface area (Å²) in [5.41, 5.74) is 5.45. The maximum absolute atomic E-state index is 6.03. The quantitative estimate of drug-likeness (QED) is 0.193. The first kappa shape index (κ1) is 23.6. The van der Waals surface area contributed by atoms with E-state index >= 15 is 0 Å². The van der Waals surface area contributed by atoms with Gasteiger partial charge in [0, 0.05) is 32.4 Å². The lowest BCUT2D eigenvalue weighted by Gasteiger charge is -2.28. The van der Waals surface area contributed by atoms with Crippen LogP contribution in [0.1, 0.15) is 34.7 Å². The lowest BCUT2D eigenvalue weighted by molar-refractivity contribution is 0.413. The number of pyridine rings is 1. The minimum atomic E-state index is -0.0821. The van der Waals surface area contributed by atoms with Gasteiger partial charge in [0.1, 0.15) is 17.2 Å². The largest absolute Gasteiger partial charge is 0.497 e. The summed E-state index contributed by atoms with van der Waals surface area (Å²) in [6.07, 6.45) is 1.82. The first-order chi connectivity index (χ1) is 17.0. The summed E-state index contributed by atoms with van der Waals surface area (Å²) < 4.78 is 12.5. The molecule has 2 N–H and O–H groups in total. The second-order valence-corrected chi connectivity index (χ2v) is 9.84. The monoisotopic (exact) mass is 596 g/mol. The number of nitrogens with zero attached hydrogens (tertiary/aromatic N) is 2. The van der Waals surface area contributed by atoms with Crippen molar-refractivity contribution in [1.29, 1.82) is 0 Å². The zero-order chi connectivity index (χ0) is 24.5. The van der Waals surface area contributed by atoms with Gasteiger partial charge in [-0.2, -0.15) is 0 Å². The van der Waals surface area contributed by atoms with Gasteiger partial charge in [0.25, 0.3) is 0 Å². The van der Waals surface area contributed by atoms with Crippen LogP contribution in [0.25, 0.3) is 0 Å². The second-order valence-electron chi connectivity index (χ2n) is 8.37. The molecule has 4 aromatic rings. The molecule has 0 aliphatic carbocycles. The van der Waals surface area contributed by atoms with Crippen molar-refractivity contribution in [3.63, 3.8) is 0 Å². The van der Waals surface area contributed by atoms with Gasteiger partial charge < -0.3 is 24.7 Å². The average molecular weight is 596 g/mol. The van der Waals surface area contributed by atoms with Gasteiger partial charge in [-0.25, -0.2) is 0 Å². The highest BCUT2D eigenvalue weighted by molar-refractivity contribution is 14.1. The molecule has 3 heterocycles. The summed E-state index contributed by atoms with van der Waals surface area (Å²) in [4.78, 5) is 10.3. The highest BCUT2D eigenvalue weighted by atomic mass is 127. The van der Waals surface area contributed by atoms with Gasteiger partial charge in [-0.15, -0.1) is 0 Å². The fourth-order valence-electron chi connectivity index (χ4n) is 4.50. The molecule has 0 amide bonds. The molecule has 1 saturated heterocycles. The van der Waals surface area contributed by atoms with Crippen molar-refractivity contribution < 1.29 is 9.47 Å². The molecule has 2 aromatic carbocycles. The van der Waals surface area contributed by atoms with Crippen LogP contribution in [0.15, 0.2) is 72.9 Å². The van der Waals surface area contributed by atoms with E-state index in [2.05, 4.69) is 56.6 Å². The van der Waals surface area contributed by atoms with Crippen LogP contribution in [0.4, 0.5) is 5.69 Å². The standard InChI is InChI=1S/C27H25IN4O2S/c1-16-23(24(28)17(2)30-16)26-25(22-6-4-5-15-29-22)31-27(35)32(26)18-7-9-20(10-8-18)34-21-13-11-19(33-3)12-14-21/h4-15,25-26,30H,1-3H3,(H,31,35)/t25-,26-/m0/s1. The highest BCUT2D eigenvalue weighted by Crippen LogP contribution is 2.45. The molecule has 1 aliphatic rings. The Balaban J connectivity index is 1.49. The second kappa shape index (κ2) is 9.87. The third-order valence-electron chi connectivity index (χ3n) is 6.15. The van der Waals surface area contributed by atoms with E-state index < -0.39 is 0 Å². The molecule has 1 aliphatic heterocycles. The van der Waals surface area contributed by atoms with E-state index in [1.54, 1.807) is 7.11 Å². The molecule has 6 nitrogen and oxygen atoms in total. The van der Waals surface area contributed by atoms with Gasteiger partial charge in [0.15, 0.2) is 5.11 Å². The lowest BCUT2D eigenvalue weighted by Crippen LogP contribution is -2.29. The molecule has 8 heteroatoms. The Kier molecular flexibility index (Phi) is 6.66. The Morgan fingerprint density at radius 1 is 0.914 bits per heavy atom. The number of ether oxygens (including phenoxy) is 2. The van der Waals surface area contributed by atoms with E-state index in [0.29, 0.717) is 5.11 Å². The molecule has 0 saturated carbocycles. The Hall–Kier alpha value is -3.11. The average Bonchev–Trinajstić information content (AvgIpc) is 3.34. The number of nitrogens with one attached hydrogen (secondary N) is 2. The van der Waals surface area contributed by atoms with E-state index in [4.69, 9.17) is 21.7 Å². The van der Waals surface area contributed by atoms with E-state index in [1.165, 1.54) is 9.13 Å². The molecular formula is C27H25IN4O2S. The molecule has 1 fully saturated rings. The van der Waals surface area contributed by atoms with Crippen molar-refractivity contribution in [2.75, 3.05) is 12.0 Å². The van der Waals surface area contributed by atoms with Gasteiger partial charge >= 0.3 is 0 Å².